The van der Waals surface area contributed by atoms with E-state index in [0.29, 0.717) is 11.7 Å². The molecule has 2 fully saturated rings. The zero-order valence-corrected chi connectivity index (χ0v) is 13.3. The molecule has 0 saturated carbocycles. The van der Waals surface area contributed by atoms with Crippen molar-refractivity contribution in [3.63, 3.8) is 0 Å². The molecule has 2 N–H and O–H groups in total. The summed E-state index contributed by atoms with van der Waals surface area (Å²) in [7, 11) is 0. The molecule has 3 heteroatoms. The van der Waals surface area contributed by atoms with E-state index in [2.05, 4.69) is 24.9 Å². The van der Waals surface area contributed by atoms with Gasteiger partial charge in [-0.3, -0.25) is 0 Å². The molecule has 3 aliphatic heterocycles. The topological polar surface area (TPSA) is 36.0 Å². The first kappa shape index (κ1) is 12.8. The Balaban J connectivity index is 1.82. The first-order valence-corrected chi connectivity index (χ1v) is 8.44. The fourth-order valence-electron chi connectivity index (χ4n) is 5.85. The summed E-state index contributed by atoms with van der Waals surface area (Å²) in [5.41, 5.74) is 5.93. The highest BCUT2D eigenvalue weighted by Crippen LogP contribution is 2.60. The summed E-state index contributed by atoms with van der Waals surface area (Å²) in [5.74, 6) is 1.05. The number of piperidine rings is 1. The number of phenolic OH excluding ortho intramolecular Hbond substituents is 1. The number of nitrogens with one attached hydrogen (secondary N) is 1. The Kier molecular flexibility index (Phi) is 2.19. The zero-order chi connectivity index (χ0) is 15.1. The Hall–Kier alpha value is -1.74. The van der Waals surface area contributed by atoms with E-state index >= 15 is 0 Å². The molecule has 4 heterocycles. The highest BCUT2D eigenvalue weighted by Gasteiger charge is 2.67. The second-order valence-electron chi connectivity index (χ2n) is 7.56. The molecule has 22 heavy (non-hydrogen) atoms. The van der Waals surface area contributed by atoms with Crippen molar-refractivity contribution in [1.29, 1.82) is 0 Å². The molecule has 3 nitrogen and oxygen atoms in total. The highest BCUT2D eigenvalue weighted by atomic mass is 16.3. The maximum Gasteiger partial charge on any atom is 0.144 e. The van der Waals surface area contributed by atoms with Gasteiger partial charge in [0.2, 0.25) is 0 Å². The van der Waals surface area contributed by atoms with Gasteiger partial charge in [-0.2, -0.15) is 0 Å². The molecule has 2 saturated heterocycles. The van der Waals surface area contributed by atoms with E-state index < -0.39 is 0 Å². The molecule has 3 aliphatic rings. The number of benzene rings is 1. The van der Waals surface area contributed by atoms with E-state index in [1.54, 1.807) is 11.6 Å². The molecule has 2 bridgehead atoms. The van der Waals surface area contributed by atoms with Gasteiger partial charge < -0.3 is 14.6 Å². The van der Waals surface area contributed by atoms with Crippen molar-refractivity contribution in [1.82, 2.24) is 4.98 Å². The van der Waals surface area contributed by atoms with Crippen molar-refractivity contribution in [2.75, 3.05) is 19.6 Å². The van der Waals surface area contributed by atoms with Crippen molar-refractivity contribution >= 4 is 10.9 Å². The number of hydrogen-bond donors (Lipinski definition) is 2. The van der Waals surface area contributed by atoms with Crippen molar-refractivity contribution in [2.45, 2.75) is 32.2 Å². The SMILES string of the molecule is C/C=C1\C[N@@+]23CCc4c([nH]c5ccc(O)cc45)[C@@]2(C)[C@@H]1CC3. The van der Waals surface area contributed by atoms with Crippen molar-refractivity contribution in [3.8, 4) is 5.75 Å². The smallest absolute Gasteiger partial charge is 0.144 e. The van der Waals surface area contributed by atoms with Gasteiger partial charge in [-0.25, -0.2) is 0 Å². The van der Waals surface area contributed by atoms with E-state index in [1.807, 2.05) is 12.1 Å². The van der Waals surface area contributed by atoms with Crippen LogP contribution in [0, 0.1) is 5.92 Å². The molecular formula is C19H23N2O+. The fourth-order valence-corrected chi connectivity index (χ4v) is 5.85. The summed E-state index contributed by atoms with van der Waals surface area (Å²) in [6.07, 6.45) is 4.80. The normalized spacial score (nSPS) is 37.7. The van der Waals surface area contributed by atoms with Gasteiger partial charge in [-0.05, 0) is 43.2 Å². The summed E-state index contributed by atoms with van der Waals surface area (Å²) >= 11 is 0. The lowest BCUT2D eigenvalue weighted by atomic mass is 9.78. The van der Waals surface area contributed by atoms with Gasteiger partial charge in [0.25, 0.3) is 0 Å². The summed E-state index contributed by atoms with van der Waals surface area (Å²) in [6.45, 7) is 8.47. The third-order valence-electron chi connectivity index (χ3n) is 7.00. The standard InChI is InChI=1S/C19H22N2O/c1-3-12-11-21-8-6-14-15-10-13(22)4-5-17(15)20-18(14)19(21,2)16(12)7-9-21/h3-5,10,16,20H,6-9,11H2,1-2H3/p+1/b12-3+/t16-,19-,21+/m1/s1. The van der Waals surface area contributed by atoms with Crippen LogP contribution in [0.2, 0.25) is 0 Å². The Morgan fingerprint density at radius 3 is 3.05 bits per heavy atom. The van der Waals surface area contributed by atoms with Crippen LogP contribution in [0.3, 0.4) is 0 Å². The lowest BCUT2D eigenvalue weighted by Crippen LogP contribution is -2.58. The Bertz CT molecular complexity index is 833. The molecule has 0 unspecified atom stereocenters. The van der Waals surface area contributed by atoms with Gasteiger partial charge in [-0.1, -0.05) is 6.08 Å². The predicted molar refractivity (Wildman–Crippen MR) is 87.7 cm³/mol. The van der Waals surface area contributed by atoms with E-state index in [9.17, 15) is 5.11 Å². The van der Waals surface area contributed by atoms with Gasteiger partial charge in [0.05, 0.1) is 24.7 Å². The molecule has 3 atom stereocenters. The van der Waals surface area contributed by atoms with Gasteiger partial charge in [-0.15, -0.1) is 0 Å². The maximum atomic E-state index is 9.87. The lowest BCUT2D eigenvalue weighted by Gasteiger charge is -2.46. The molecule has 0 aliphatic carbocycles. The van der Waals surface area contributed by atoms with Crippen LogP contribution in [0.1, 0.15) is 31.5 Å². The number of rotatable bonds is 0. The second-order valence-corrected chi connectivity index (χ2v) is 7.56. The second kappa shape index (κ2) is 3.77. The Morgan fingerprint density at radius 2 is 2.23 bits per heavy atom. The molecule has 0 amide bonds. The maximum absolute atomic E-state index is 9.87. The van der Waals surface area contributed by atoms with Crippen LogP contribution in [0.25, 0.3) is 10.9 Å². The van der Waals surface area contributed by atoms with E-state index in [1.165, 1.54) is 52.7 Å². The van der Waals surface area contributed by atoms with Gasteiger partial charge in [0.15, 0.2) is 0 Å². The average molecular weight is 295 g/mol. The number of H-pyrrole nitrogens is 1. The van der Waals surface area contributed by atoms with Crippen LogP contribution in [0.4, 0.5) is 0 Å². The molecule has 0 spiro atoms. The lowest BCUT2D eigenvalue weighted by molar-refractivity contribution is -0.961. The van der Waals surface area contributed by atoms with Crippen LogP contribution < -0.4 is 0 Å². The number of aromatic hydroxyl groups is 1. The minimum Gasteiger partial charge on any atom is -0.508 e. The van der Waals surface area contributed by atoms with E-state index in [0.717, 1.165) is 6.42 Å². The number of hydrogen-bond acceptors (Lipinski definition) is 1. The quantitative estimate of drug-likeness (QED) is 0.567. The summed E-state index contributed by atoms with van der Waals surface area (Å²) in [5, 5.41) is 11.1. The number of phenols is 1. The number of aromatic nitrogens is 1. The number of nitrogens with zero attached hydrogens (tertiary/aromatic N) is 1. The van der Waals surface area contributed by atoms with E-state index in [4.69, 9.17) is 0 Å². The number of quaternary nitrogens is 1. The number of fused-ring (bicyclic) bond motifs is 3. The summed E-state index contributed by atoms with van der Waals surface area (Å²) < 4.78 is 1.24. The van der Waals surface area contributed by atoms with Crippen molar-refractivity contribution in [3.05, 3.63) is 41.1 Å². The number of allylic oxidation sites excluding steroid dienone is 1. The van der Waals surface area contributed by atoms with Crippen LogP contribution in [0.15, 0.2) is 29.8 Å². The molecule has 114 valence electrons. The predicted octanol–water partition coefficient (Wildman–Crippen LogP) is 3.44. The molecule has 0 radical (unpaired) electrons. The molecule has 1 aromatic carbocycles. The van der Waals surface area contributed by atoms with E-state index in [-0.39, 0.29) is 5.54 Å². The van der Waals surface area contributed by atoms with Gasteiger partial charge in [0.1, 0.15) is 17.8 Å². The monoisotopic (exact) mass is 295 g/mol. The highest BCUT2D eigenvalue weighted by molar-refractivity contribution is 5.86. The van der Waals surface area contributed by atoms with Crippen LogP contribution in [-0.4, -0.2) is 34.2 Å². The average Bonchev–Trinajstić information content (AvgIpc) is 3.11. The van der Waals surface area contributed by atoms with Gasteiger partial charge >= 0.3 is 0 Å². The van der Waals surface area contributed by atoms with Gasteiger partial charge in [0, 0.05) is 23.7 Å². The minimum atomic E-state index is 0.198. The zero-order valence-electron chi connectivity index (χ0n) is 13.3. The molecule has 2 aromatic rings. The Labute approximate surface area is 130 Å². The first-order valence-electron chi connectivity index (χ1n) is 8.44. The molecular weight excluding hydrogens is 272 g/mol. The Morgan fingerprint density at radius 1 is 1.36 bits per heavy atom. The summed E-state index contributed by atoms with van der Waals surface area (Å²) in [4.78, 5) is 3.74. The molecule has 5 rings (SSSR count). The summed E-state index contributed by atoms with van der Waals surface area (Å²) in [6, 6.07) is 5.75. The third kappa shape index (κ3) is 1.20. The van der Waals surface area contributed by atoms with Crippen LogP contribution in [-0.2, 0) is 12.0 Å². The van der Waals surface area contributed by atoms with Crippen LogP contribution in [0.5, 0.6) is 5.75 Å². The number of aromatic amines is 1. The van der Waals surface area contributed by atoms with Crippen molar-refractivity contribution in [2.24, 2.45) is 5.92 Å². The van der Waals surface area contributed by atoms with Crippen LogP contribution >= 0.6 is 0 Å². The fraction of sp³-hybridized carbons (Fsp3) is 0.474. The molecule has 1 aromatic heterocycles. The third-order valence-corrected chi connectivity index (χ3v) is 7.00. The first-order chi connectivity index (χ1) is 10.6. The van der Waals surface area contributed by atoms with Crippen molar-refractivity contribution < 1.29 is 9.59 Å². The minimum absolute atomic E-state index is 0.198. The largest absolute Gasteiger partial charge is 0.508 e.